The Bertz CT molecular complexity index is 1430. The minimum atomic E-state index is -3.65. The topological polar surface area (TPSA) is 157 Å². The monoisotopic (exact) mass is 659 g/mol. The van der Waals surface area contributed by atoms with Crippen LogP contribution in [0.4, 0.5) is 4.79 Å². The van der Waals surface area contributed by atoms with Crippen LogP contribution in [0.5, 0.6) is 0 Å². The number of allylic oxidation sites excluding steroid dienone is 1. The summed E-state index contributed by atoms with van der Waals surface area (Å²) in [7, 11) is -3.65. The molecule has 2 unspecified atom stereocenters. The quantitative estimate of drug-likeness (QED) is 0.351. The maximum atomic E-state index is 13.4. The number of nitrogens with one attached hydrogen (secondary N) is 3. The molecule has 46 heavy (non-hydrogen) atoms. The Morgan fingerprint density at radius 2 is 1.93 bits per heavy atom. The summed E-state index contributed by atoms with van der Waals surface area (Å²) in [6, 6.07) is 5.40. The Morgan fingerprint density at radius 1 is 1.15 bits per heavy atom. The number of carbonyl (C=O) groups excluding carboxylic acids is 2. The van der Waals surface area contributed by atoms with Crippen LogP contribution in [0.3, 0.4) is 0 Å². The van der Waals surface area contributed by atoms with Gasteiger partial charge in [0.05, 0.1) is 30.3 Å². The zero-order chi connectivity index (χ0) is 33.1. The summed E-state index contributed by atoms with van der Waals surface area (Å²) >= 11 is 0. The maximum Gasteiger partial charge on any atom is 0.330 e. The van der Waals surface area contributed by atoms with E-state index in [2.05, 4.69) is 16.0 Å². The molecule has 3 aliphatic heterocycles. The zero-order valence-corrected chi connectivity index (χ0v) is 28.0. The number of aliphatic carboxylic acids is 1. The number of fused-ring (bicyclic) bond motifs is 3. The number of nitrogens with zero attached hydrogens (tertiary/aromatic N) is 2. The first-order chi connectivity index (χ1) is 21.8. The molecule has 0 aromatic heterocycles. The van der Waals surface area contributed by atoms with Crippen molar-refractivity contribution in [1.82, 2.24) is 25.2 Å². The summed E-state index contributed by atoms with van der Waals surface area (Å²) in [5.41, 5.74) is -0.895. The Balaban J connectivity index is 1.21. The van der Waals surface area contributed by atoms with Gasteiger partial charge in [-0.15, -0.1) is 0 Å². The van der Waals surface area contributed by atoms with Crippen LogP contribution in [0.2, 0.25) is 0 Å². The summed E-state index contributed by atoms with van der Waals surface area (Å²) in [5.74, 6) is -1.49. The van der Waals surface area contributed by atoms with Gasteiger partial charge in [-0.2, -0.15) is 4.31 Å². The van der Waals surface area contributed by atoms with Crippen molar-refractivity contribution >= 4 is 27.9 Å². The average molecular weight is 660 g/mol. The predicted octanol–water partition coefficient (Wildman–Crippen LogP) is 3.19. The minimum Gasteiger partial charge on any atom is -0.479 e. The lowest BCUT2D eigenvalue weighted by atomic mass is 9.86. The second-order valence-corrected chi connectivity index (χ2v) is 16.2. The molecule has 1 aromatic carbocycles. The van der Waals surface area contributed by atoms with Crippen molar-refractivity contribution in [3.05, 3.63) is 42.0 Å². The molecular weight excluding hydrogens is 610 g/mol. The Hall–Kier alpha value is -3.00. The summed E-state index contributed by atoms with van der Waals surface area (Å²) < 4.78 is 34.0. The number of carboxylic acid groups (broad SMARTS) is 1. The molecule has 12 nitrogen and oxygen atoms in total. The molecule has 4 N–H and O–H groups in total. The molecule has 1 aromatic rings. The van der Waals surface area contributed by atoms with Gasteiger partial charge in [0.25, 0.3) is 0 Å². The van der Waals surface area contributed by atoms with Crippen molar-refractivity contribution in [3.8, 4) is 0 Å². The summed E-state index contributed by atoms with van der Waals surface area (Å²) in [6.07, 6.45) is 10.00. The van der Waals surface area contributed by atoms with E-state index in [4.69, 9.17) is 4.74 Å². The highest BCUT2D eigenvalue weighted by atomic mass is 32.2. The number of carbonyl (C=O) groups is 3. The van der Waals surface area contributed by atoms with E-state index in [1.807, 2.05) is 50.0 Å². The Labute approximate surface area is 272 Å². The van der Waals surface area contributed by atoms with Gasteiger partial charge < -0.3 is 25.8 Å². The number of carboxylic acids is 1. The van der Waals surface area contributed by atoms with Gasteiger partial charge in [0.15, 0.2) is 0 Å². The van der Waals surface area contributed by atoms with Crippen LogP contribution in [0, 0.1) is 11.3 Å². The molecule has 1 saturated carbocycles. The molecule has 1 aliphatic carbocycles. The zero-order valence-electron chi connectivity index (χ0n) is 27.2. The van der Waals surface area contributed by atoms with Gasteiger partial charge in [-0.25, -0.2) is 18.0 Å². The van der Waals surface area contributed by atoms with Gasteiger partial charge in [-0.05, 0) is 55.6 Å². The van der Waals surface area contributed by atoms with Crippen molar-refractivity contribution in [2.24, 2.45) is 11.3 Å². The fraction of sp³-hybridized carbons (Fsp3) is 0.667. The van der Waals surface area contributed by atoms with E-state index in [9.17, 15) is 27.9 Å². The smallest absolute Gasteiger partial charge is 0.330 e. The minimum absolute atomic E-state index is 0.144. The van der Waals surface area contributed by atoms with E-state index in [0.717, 1.165) is 37.7 Å². The second kappa shape index (κ2) is 14.0. The molecule has 4 aliphatic rings. The Kier molecular flexibility index (Phi) is 10.5. The second-order valence-electron chi connectivity index (χ2n) is 14.3. The molecule has 1 saturated heterocycles. The van der Waals surface area contributed by atoms with Crippen molar-refractivity contribution < 1.29 is 32.6 Å². The lowest BCUT2D eigenvalue weighted by Crippen LogP contribution is -2.55. The first-order valence-corrected chi connectivity index (χ1v) is 17.9. The van der Waals surface area contributed by atoms with Crippen LogP contribution in [0.15, 0.2) is 41.3 Å². The molecule has 0 bridgehead atoms. The van der Waals surface area contributed by atoms with Gasteiger partial charge >= 0.3 is 12.0 Å². The standard InChI is InChI=1S/C33H49N5O7S/c1-32(2,3)28(20-38-19-23-12-9-10-16-27(23)46(38,43)44)35-31(42)34-25-14-8-6-4-5-7-13-24-18-33(24,30(40)41)36-29(39)26-15-11-17-37(26)22-45-21-25/h7,9-10,12-13,16,24-26,28H,4-6,8,11,14-15,17-22H2,1-3H3,(H,36,39)(H,40,41)(H2,34,35,42)/b13-7-/t24?,25-,26-,28?,33+/m0/s1. The molecule has 2 fully saturated rings. The van der Waals surface area contributed by atoms with Crippen molar-refractivity contribution in [3.63, 3.8) is 0 Å². The SMILES string of the molecule is CC(C)(C)C(CN1Cc2ccccc2S1(=O)=O)NC(=O)N[C@H]1CCCCC/C=C\C2C[C@@]2(C(=O)O)NC(=O)[C@@H]2CCCN2COC1. The number of amides is 3. The summed E-state index contributed by atoms with van der Waals surface area (Å²) in [5, 5.41) is 18.9. The van der Waals surface area contributed by atoms with Crippen molar-refractivity contribution in [1.29, 1.82) is 0 Å². The van der Waals surface area contributed by atoms with E-state index in [-0.39, 0.29) is 50.3 Å². The summed E-state index contributed by atoms with van der Waals surface area (Å²) in [6.45, 7) is 7.45. The summed E-state index contributed by atoms with van der Waals surface area (Å²) in [4.78, 5) is 40.9. The first-order valence-electron chi connectivity index (χ1n) is 16.5. The first kappa shape index (κ1) is 34.3. The number of urea groups is 1. The third kappa shape index (κ3) is 7.75. The highest BCUT2D eigenvalue weighted by molar-refractivity contribution is 7.89. The van der Waals surface area contributed by atoms with Crippen LogP contribution < -0.4 is 16.0 Å². The molecule has 0 radical (unpaired) electrons. The highest BCUT2D eigenvalue weighted by Crippen LogP contribution is 2.45. The predicted molar refractivity (Wildman–Crippen MR) is 172 cm³/mol. The van der Waals surface area contributed by atoms with E-state index >= 15 is 0 Å². The molecule has 13 heteroatoms. The third-order valence-electron chi connectivity index (χ3n) is 9.79. The van der Waals surface area contributed by atoms with E-state index < -0.39 is 39.0 Å². The maximum absolute atomic E-state index is 13.4. The lowest BCUT2D eigenvalue weighted by Gasteiger charge is -2.34. The fourth-order valence-corrected chi connectivity index (χ4v) is 8.38. The van der Waals surface area contributed by atoms with Gasteiger partial charge in [0.2, 0.25) is 15.9 Å². The molecule has 5 atom stereocenters. The van der Waals surface area contributed by atoms with E-state index in [1.165, 1.54) is 4.31 Å². The highest BCUT2D eigenvalue weighted by Gasteiger charge is 2.61. The molecule has 3 heterocycles. The lowest BCUT2D eigenvalue weighted by molar-refractivity contribution is -0.144. The number of benzene rings is 1. The average Bonchev–Trinajstić information content (AvgIpc) is 3.35. The Morgan fingerprint density at radius 3 is 2.67 bits per heavy atom. The van der Waals surface area contributed by atoms with Gasteiger partial charge in [0, 0.05) is 31.6 Å². The molecular formula is C33H49N5O7S. The van der Waals surface area contributed by atoms with Crippen LogP contribution in [-0.2, 0) is 30.9 Å². The van der Waals surface area contributed by atoms with Gasteiger partial charge in [-0.1, -0.05) is 64.0 Å². The normalized spacial score (nSPS) is 30.5. The van der Waals surface area contributed by atoms with Crippen LogP contribution in [0.1, 0.15) is 77.7 Å². The molecule has 254 valence electrons. The third-order valence-corrected chi connectivity index (χ3v) is 11.7. The van der Waals surface area contributed by atoms with Crippen molar-refractivity contribution in [2.75, 3.05) is 26.4 Å². The van der Waals surface area contributed by atoms with E-state index in [1.54, 1.807) is 12.1 Å². The van der Waals surface area contributed by atoms with Gasteiger partial charge in [-0.3, -0.25) is 9.69 Å². The molecule has 3 amide bonds. The number of sulfonamides is 1. The number of rotatable bonds is 5. The molecule has 0 spiro atoms. The number of ether oxygens (including phenoxy) is 1. The van der Waals surface area contributed by atoms with E-state index in [0.29, 0.717) is 30.7 Å². The number of hydrogen-bond donors (Lipinski definition) is 4. The fourth-order valence-electron chi connectivity index (χ4n) is 6.73. The van der Waals surface area contributed by atoms with Crippen LogP contribution in [-0.4, -0.2) is 90.7 Å². The number of hydrogen-bond acceptors (Lipinski definition) is 7. The largest absolute Gasteiger partial charge is 0.479 e. The van der Waals surface area contributed by atoms with Crippen LogP contribution in [0.25, 0.3) is 0 Å². The van der Waals surface area contributed by atoms with Gasteiger partial charge in [0.1, 0.15) is 5.54 Å². The van der Waals surface area contributed by atoms with Crippen LogP contribution >= 0.6 is 0 Å². The molecule has 5 rings (SSSR count). The van der Waals surface area contributed by atoms with Crippen molar-refractivity contribution in [2.45, 2.75) is 107 Å².